The second-order valence-corrected chi connectivity index (χ2v) is 5.25. The summed E-state index contributed by atoms with van der Waals surface area (Å²) < 4.78 is 2.39. The first-order valence-electron chi connectivity index (χ1n) is 7.01. The number of rotatable bonds is 4. The van der Waals surface area contributed by atoms with Crippen molar-refractivity contribution in [1.29, 1.82) is 0 Å². The van der Waals surface area contributed by atoms with Crippen LogP contribution in [-0.4, -0.2) is 16.1 Å². The second-order valence-electron chi connectivity index (χ2n) is 5.25. The van der Waals surface area contributed by atoms with Crippen molar-refractivity contribution >= 4 is 0 Å². The van der Waals surface area contributed by atoms with Crippen molar-refractivity contribution in [2.75, 3.05) is 6.54 Å². The van der Waals surface area contributed by atoms with Gasteiger partial charge in [-0.1, -0.05) is 20.3 Å². The van der Waals surface area contributed by atoms with Crippen LogP contribution in [0.5, 0.6) is 0 Å². The fourth-order valence-corrected chi connectivity index (χ4v) is 3.20. The van der Waals surface area contributed by atoms with Crippen LogP contribution < -0.4 is 5.73 Å². The number of hydrogen-bond donors (Lipinski definition) is 1. The summed E-state index contributed by atoms with van der Waals surface area (Å²) in [6.07, 6.45) is 10.3. The molecule has 1 aromatic heterocycles. The van der Waals surface area contributed by atoms with Crippen LogP contribution in [-0.2, 0) is 6.42 Å². The number of aromatic nitrogens is 2. The Bertz CT molecular complexity index is 345. The molecule has 2 N–H and O–H groups in total. The molecule has 1 aliphatic carbocycles. The molecule has 96 valence electrons. The van der Waals surface area contributed by atoms with Gasteiger partial charge in [0.25, 0.3) is 0 Å². The van der Waals surface area contributed by atoms with Crippen molar-refractivity contribution in [2.24, 2.45) is 17.6 Å². The average molecular weight is 235 g/mol. The summed E-state index contributed by atoms with van der Waals surface area (Å²) in [5, 5.41) is 0. The summed E-state index contributed by atoms with van der Waals surface area (Å²) in [6.45, 7) is 5.29. The van der Waals surface area contributed by atoms with Gasteiger partial charge in [-0.3, -0.25) is 0 Å². The van der Waals surface area contributed by atoms with E-state index in [0.717, 1.165) is 18.9 Å². The SMILES string of the molecule is CCc1nccn1C1CC(CC)CCC1CN. The molecule has 1 aromatic rings. The van der Waals surface area contributed by atoms with Gasteiger partial charge in [-0.05, 0) is 37.6 Å². The van der Waals surface area contributed by atoms with Crippen LogP contribution in [0.15, 0.2) is 12.4 Å². The summed E-state index contributed by atoms with van der Waals surface area (Å²) in [4.78, 5) is 4.45. The zero-order chi connectivity index (χ0) is 12.3. The Balaban J connectivity index is 2.20. The Morgan fingerprint density at radius 1 is 1.41 bits per heavy atom. The molecule has 0 aliphatic heterocycles. The molecule has 0 aromatic carbocycles. The van der Waals surface area contributed by atoms with Gasteiger partial charge in [0, 0.05) is 24.9 Å². The molecule has 3 heteroatoms. The highest BCUT2D eigenvalue weighted by Crippen LogP contribution is 2.38. The van der Waals surface area contributed by atoms with Gasteiger partial charge < -0.3 is 10.3 Å². The van der Waals surface area contributed by atoms with E-state index in [0.29, 0.717) is 12.0 Å². The zero-order valence-electron chi connectivity index (χ0n) is 11.1. The molecule has 17 heavy (non-hydrogen) atoms. The van der Waals surface area contributed by atoms with Crippen LogP contribution in [0.1, 0.15) is 51.4 Å². The molecule has 0 bridgehead atoms. The minimum Gasteiger partial charge on any atom is -0.332 e. The first-order chi connectivity index (χ1) is 8.30. The molecule has 0 radical (unpaired) electrons. The molecule has 0 saturated heterocycles. The fourth-order valence-electron chi connectivity index (χ4n) is 3.20. The van der Waals surface area contributed by atoms with E-state index in [9.17, 15) is 0 Å². The molecule has 0 amide bonds. The van der Waals surface area contributed by atoms with Crippen molar-refractivity contribution < 1.29 is 0 Å². The number of nitrogens with zero attached hydrogens (tertiary/aromatic N) is 2. The molecule has 1 fully saturated rings. The highest BCUT2D eigenvalue weighted by molar-refractivity contribution is 4.98. The van der Waals surface area contributed by atoms with Gasteiger partial charge in [0.2, 0.25) is 0 Å². The van der Waals surface area contributed by atoms with Gasteiger partial charge in [0.15, 0.2) is 0 Å². The molecular weight excluding hydrogens is 210 g/mol. The Labute approximate surface area is 104 Å². The van der Waals surface area contributed by atoms with Gasteiger partial charge in [0.05, 0.1) is 0 Å². The van der Waals surface area contributed by atoms with Crippen LogP contribution in [0.2, 0.25) is 0 Å². The van der Waals surface area contributed by atoms with Crippen LogP contribution >= 0.6 is 0 Å². The Morgan fingerprint density at radius 2 is 2.24 bits per heavy atom. The monoisotopic (exact) mass is 235 g/mol. The molecule has 3 nitrogen and oxygen atoms in total. The van der Waals surface area contributed by atoms with Crippen LogP contribution in [0.3, 0.4) is 0 Å². The maximum Gasteiger partial charge on any atom is 0.108 e. The van der Waals surface area contributed by atoms with Crippen molar-refractivity contribution in [3.05, 3.63) is 18.2 Å². The minimum atomic E-state index is 0.580. The second kappa shape index (κ2) is 5.67. The lowest BCUT2D eigenvalue weighted by atomic mass is 9.77. The molecule has 1 saturated carbocycles. The highest BCUT2D eigenvalue weighted by atomic mass is 15.1. The summed E-state index contributed by atoms with van der Waals surface area (Å²) >= 11 is 0. The van der Waals surface area contributed by atoms with E-state index in [4.69, 9.17) is 5.73 Å². The topological polar surface area (TPSA) is 43.8 Å². The first-order valence-corrected chi connectivity index (χ1v) is 7.01. The van der Waals surface area contributed by atoms with E-state index in [2.05, 4.69) is 29.6 Å². The van der Waals surface area contributed by atoms with Crippen molar-refractivity contribution in [3.63, 3.8) is 0 Å². The summed E-state index contributed by atoms with van der Waals surface area (Å²) in [5.41, 5.74) is 5.94. The zero-order valence-corrected chi connectivity index (χ0v) is 11.1. The summed E-state index contributed by atoms with van der Waals surface area (Å²) in [5.74, 6) is 2.72. The van der Waals surface area contributed by atoms with Gasteiger partial charge in [-0.2, -0.15) is 0 Å². The fraction of sp³-hybridized carbons (Fsp3) is 0.786. The predicted molar refractivity (Wildman–Crippen MR) is 70.8 cm³/mol. The quantitative estimate of drug-likeness (QED) is 0.872. The third kappa shape index (κ3) is 2.54. The van der Waals surface area contributed by atoms with Gasteiger partial charge in [-0.25, -0.2) is 4.98 Å². The number of hydrogen-bond acceptors (Lipinski definition) is 2. The van der Waals surface area contributed by atoms with Crippen LogP contribution in [0.25, 0.3) is 0 Å². The van der Waals surface area contributed by atoms with Crippen LogP contribution in [0.4, 0.5) is 0 Å². The Kier molecular flexibility index (Phi) is 4.21. The molecule has 3 unspecified atom stereocenters. The van der Waals surface area contributed by atoms with E-state index in [1.54, 1.807) is 0 Å². The maximum absolute atomic E-state index is 5.94. The molecule has 1 heterocycles. The Morgan fingerprint density at radius 3 is 2.88 bits per heavy atom. The van der Waals surface area contributed by atoms with E-state index >= 15 is 0 Å². The smallest absolute Gasteiger partial charge is 0.108 e. The lowest BCUT2D eigenvalue weighted by Gasteiger charge is -2.36. The van der Waals surface area contributed by atoms with Crippen molar-refractivity contribution in [3.8, 4) is 0 Å². The van der Waals surface area contributed by atoms with E-state index in [-0.39, 0.29) is 0 Å². The molecule has 1 aliphatic rings. The third-order valence-corrected chi connectivity index (χ3v) is 4.37. The van der Waals surface area contributed by atoms with Gasteiger partial charge >= 0.3 is 0 Å². The van der Waals surface area contributed by atoms with Crippen molar-refractivity contribution in [1.82, 2.24) is 9.55 Å². The lowest BCUT2D eigenvalue weighted by molar-refractivity contribution is 0.181. The van der Waals surface area contributed by atoms with E-state index in [1.165, 1.54) is 31.5 Å². The predicted octanol–water partition coefficient (Wildman–Crippen LogP) is 2.77. The standard InChI is InChI=1S/C14H25N3/c1-3-11-5-6-12(10-15)13(9-11)17-8-7-16-14(17)4-2/h7-8,11-13H,3-6,9-10,15H2,1-2H3. The summed E-state index contributed by atoms with van der Waals surface area (Å²) in [6, 6.07) is 0.580. The molecule has 2 rings (SSSR count). The van der Waals surface area contributed by atoms with Crippen LogP contribution in [0, 0.1) is 11.8 Å². The lowest BCUT2D eigenvalue weighted by Crippen LogP contribution is -2.32. The van der Waals surface area contributed by atoms with Crippen molar-refractivity contribution in [2.45, 2.75) is 52.0 Å². The molecule has 3 atom stereocenters. The number of nitrogens with two attached hydrogens (primary N) is 1. The minimum absolute atomic E-state index is 0.580. The molecular formula is C14H25N3. The third-order valence-electron chi connectivity index (χ3n) is 4.37. The first kappa shape index (κ1) is 12.6. The molecule has 0 spiro atoms. The van der Waals surface area contributed by atoms with E-state index < -0.39 is 0 Å². The Hall–Kier alpha value is -0.830. The van der Waals surface area contributed by atoms with E-state index in [1.807, 2.05) is 6.20 Å². The normalized spacial score (nSPS) is 29.5. The number of imidazole rings is 1. The average Bonchev–Trinajstić information content (AvgIpc) is 2.86. The van der Waals surface area contributed by atoms with Gasteiger partial charge in [0.1, 0.15) is 5.82 Å². The highest BCUT2D eigenvalue weighted by Gasteiger charge is 2.30. The number of aryl methyl sites for hydroxylation is 1. The largest absolute Gasteiger partial charge is 0.332 e. The van der Waals surface area contributed by atoms with Gasteiger partial charge in [-0.15, -0.1) is 0 Å². The maximum atomic E-state index is 5.94. The summed E-state index contributed by atoms with van der Waals surface area (Å²) in [7, 11) is 0.